The third-order valence-electron chi connectivity index (χ3n) is 5.78. The van der Waals surface area contributed by atoms with Crippen molar-refractivity contribution in [2.75, 3.05) is 45.0 Å². The second kappa shape index (κ2) is 13.7. The number of carbonyl (C=O) groups excluding carboxylic acids is 2. The van der Waals surface area contributed by atoms with Crippen LogP contribution in [0.25, 0.3) is 0 Å². The molecule has 2 rings (SSSR count). The summed E-state index contributed by atoms with van der Waals surface area (Å²) in [4.78, 5) is 28.2. The summed E-state index contributed by atoms with van der Waals surface area (Å²) in [5.74, 6) is 0.535. The van der Waals surface area contributed by atoms with Gasteiger partial charge in [-0.2, -0.15) is 0 Å². The maximum atomic E-state index is 13.8. The molecule has 2 aromatic rings. The van der Waals surface area contributed by atoms with Gasteiger partial charge in [0.25, 0.3) is 0 Å². The summed E-state index contributed by atoms with van der Waals surface area (Å²) in [6, 6.07) is 11.0. The van der Waals surface area contributed by atoms with Gasteiger partial charge in [0.1, 0.15) is 29.8 Å². The summed E-state index contributed by atoms with van der Waals surface area (Å²) in [5.41, 5.74) is 0.954. The van der Waals surface area contributed by atoms with Crippen molar-refractivity contribution in [3.8, 4) is 17.2 Å². The number of rotatable bonds is 14. The monoisotopic (exact) mass is 535 g/mol. The lowest BCUT2D eigenvalue weighted by Gasteiger charge is -2.33. The van der Waals surface area contributed by atoms with Gasteiger partial charge >= 0.3 is 0 Å². The maximum Gasteiger partial charge on any atom is 0.244 e. The number of benzene rings is 2. The maximum absolute atomic E-state index is 13.8. The molecule has 10 nitrogen and oxygen atoms in total. The van der Waals surface area contributed by atoms with Crippen LogP contribution in [0, 0.1) is 0 Å². The van der Waals surface area contributed by atoms with E-state index in [4.69, 9.17) is 14.2 Å². The van der Waals surface area contributed by atoms with Crippen LogP contribution >= 0.6 is 0 Å². The highest BCUT2D eigenvalue weighted by Gasteiger charge is 2.32. The van der Waals surface area contributed by atoms with Gasteiger partial charge in [-0.3, -0.25) is 13.9 Å². The predicted octanol–water partition coefficient (Wildman–Crippen LogP) is 2.81. The number of methoxy groups -OCH3 is 3. The molecular formula is C26H37N3O7S. The quantitative estimate of drug-likeness (QED) is 0.396. The number of nitrogens with zero attached hydrogens (tertiary/aromatic N) is 2. The van der Waals surface area contributed by atoms with Gasteiger partial charge in [0.2, 0.25) is 21.8 Å². The molecule has 37 heavy (non-hydrogen) atoms. The molecule has 0 bridgehead atoms. The van der Waals surface area contributed by atoms with E-state index in [1.807, 2.05) is 13.8 Å². The van der Waals surface area contributed by atoms with Gasteiger partial charge in [-0.15, -0.1) is 0 Å². The lowest BCUT2D eigenvalue weighted by molar-refractivity contribution is -0.140. The standard InChI is InChI=1S/C26H37N3O7S/c1-7-15-27-26(31)22(8-2)28(17-19-9-11-20(34-3)12-10-19)25(30)18-29(37(6,32)33)23-14-13-21(35-4)16-24(23)36-5/h9-14,16,22H,7-8,15,17-18H2,1-6H3,(H,27,31)/t22-/m0/s1. The Morgan fingerprint density at radius 1 is 0.946 bits per heavy atom. The SMILES string of the molecule is CCCNC(=O)[C@H](CC)N(Cc1ccc(OC)cc1)C(=O)CN(c1ccc(OC)cc1OC)S(C)(=O)=O. The fraction of sp³-hybridized carbons (Fsp3) is 0.462. The minimum atomic E-state index is -3.90. The second-order valence-electron chi connectivity index (χ2n) is 8.39. The zero-order valence-corrected chi connectivity index (χ0v) is 23.1. The first kappa shape index (κ1) is 29.8. The topological polar surface area (TPSA) is 114 Å². The van der Waals surface area contributed by atoms with Crippen molar-refractivity contribution in [2.24, 2.45) is 0 Å². The molecular weight excluding hydrogens is 498 g/mol. The Morgan fingerprint density at radius 3 is 2.08 bits per heavy atom. The van der Waals surface area contributed by atoms with Crippen LogP contribution in [0.5, 0.6) is 17.2 Å². The van der Waals surface area contributed by atoms with Crippen LogP contribution in [0.3, 0.4) is 0 Å². The molecule has 0 fully saturated rings. The Bertz CT molecular complexity index is 1150. The zero-order valence-electron chi connectivity index (χ0n) is 22.3. The number of amides is 2. The van der Waals surface area contributed by atoms with Crippen LogP contribution < -0.4 is 23.8 Å². The molecule has 0 aromatic heterocycles. The smallest absolute Gasteiger partial charge is 0.244 e. The first-order valence-corrected chi connectivity index (χ1v) is 13.8. The third kappa shape index (κ3) is 8.01. The number of carbonyl (C=O) groups is 2. The Balaban J connectivity index is 2.48. The summed E-state index contributed by atoms with van der Waals surface area (Å²) < 4.78 is 42.4. The van der Waals surface area contributed by atoms with Gasteiger partial charge in [-0.1, -0.05) is 26.0 Å². The van der Waals surface area contributed by atoms with Crippen LogP contribution in [0.1, 0.15) is 32.3 Å². The van der Waals surface area contributed by atoms with E-state index in [0.717, 1.165) is 22.5 Å². The van der Waals surface area contributed by atoms with Crippen LogP contribution in [0.4, 0.5) is 5.69 Å². The highest BCUT2D eigenvalue weighted by molar-refractivity contribution is 7.92. The second-order valence-corrected chi connectivity index (χ2v) is 10.3. The summed E-state index contributed by atoms with van der Waals surface area (Å²) in [7, 11) is 0.548. The highest BCUT2D eigenvalue weighted by atomic mass is 32.2. The van der Waals surface area contributed by atoms with Crippen LogP contribution in [0.15, 0.2) is 42.5 Å². The number of anilines is 1. The fourth-order valence-corrected chi connectivity index (χ4v) is 4.65. The predicted molar refractivity (Wildman–Crippen MR) is 143 cm³/mol. The van der Waals surface area contributed by atoms with E-state index in [9.17, 15) is 18.0 Å². The lowest BCUT2D eigenvalue weighted by atomic mass is 10.1. The van der Waals surface area contributed by atoms with Crippen molar-refractivity contribution in [3.05, 3.63) is 48.0 Å². The number of hydrogen-bond donors (Lipinski definition) is 1. The molecule has 2 aromatic carbocycles. The van der Waals surface area contributed by atoms with Gasteiger partial charge in [0.05, 0.1) is 33.3 Å². The Hall–Kier alpha value is -3.47. The van der Waals surface area contributed by atoms with E-state index >= 15 is 0 Å². The van der Waals surface area contributed by atoms with Crippen molar-refractivity contribution in [1.29, 1.82) is 0 Å². The first-order valence-electron chi connectivity index (χ1n) is 12.0. The molecule has 204 valence electrons. The minimum absolute atomic E-state index is 0.109. The summed E-state index contributed by atoms with van der Waals surface area (Å²) in [6.07, 6.45) is 2.11. The molecule has 0 aliphatic carbocycles. The molecule has 2 amide bonds. The lowest BCUT2D eigenvalue weighted by Crippen LogP contribution is -2.52. The fourth-order valence-electron chi connectivity index (χ4n) is 3.80. The molecule has 0 saturated carbocycles. The summed E-state index contributed by atoms with van der Waals surface area (Å²) in [6.45, 7) is 3.81. The Morgan fingerprint density at radius 2 is 1.57 bits per heavy atom. The van der Waals surface area contributed by atoms with E-state index < -0.39 is 28.5 Å². The zero-order chi connectivity index (χ0) is 27.6. The molecule has 0 aliphatic rings. The van der Waals surface area contributed by atoms with Gasteiger partial charge in [-0.05, 0) is 42.7 Å². The number of sulfonamides is 1. The van der Waals surface area contributed by atoms with Crippen molar-refractivity contribution < 1.29 is 32.2 Å². The van der Waals surface area contributed by atoms with Crippen molar-refractivity contribution in [2.45, 2.75) is 39.3 Å². The third-order valence-corrected chi connectivity index (χ3v) is 6.91. The van der Waals surface area contributed by atoms with E-state index in [2.05, 4.69) is 5.32 Å². The number of hydrogen-bond acceptors (Lipinski definition) is 7. The van der Waals surface area contributed by atoms with E-state index in [1.54, 1.807) is 43.5 Å². The van der Waals surface area contributed by atoms with Gasteiger partial charge in [0, 0.05) is 19.2 Å². The van der Waals surface area contributed by atoms with E-state index in [-0.39, 0.29) is 23.9 Å². The molecule has 0 aliphatic heterocycles. The molecule has 0 unspecified atom stereocenters. The molecule has 0 radical (unpaired) electrons. The Labute approximate surface area is 219 Å². The van der Waals surface area contributed by atoms with E-state index in [0.29, 0.717) is 24.5 Å². The molecule has 0 saturated heterocycles. The number of nitrogens with one attached hydrogen (secondary N) is 1. The first-order chi connectivity index (χ1) is 17.6. The van der Waals surface area contributed by atoms with E-state index in [1.165, 1.54) is 25.2 Å². The molecule has 1 atom stereocenters. The Kier molecular flexibility index (Phi) is 11.0. The van der Waals surface area contributed by atoms with Crippen LogP contribution in [-0.2, 0) is 26.2 Å². The van der Waals surface area contributed by atoms with Crippen molar-refractivity contribution in [3.63, 3.8) is 0 Å². The average molecular weight is 536 g/mol. The summed E-state index contributed by atoms with van der Waals surface area (Å²) in [5, 5.41) is 2.85. The van der Waals surface area contributed by atoms with Crippen molar-refractivity contribution >= 4 is 27.5 Å². The largest absolute Gasteiger partial charge is 0.497 e. The minimum Gasteiger partial charge on any atom is -0.497 e. The van der Waals surface area contributed by atoms with Gasteiger partial charge in [-0.25, -0.2) is 8.42 Å². The molecule has 0 spiro atoms. The van der Waals surface area contributed by atoms with Crippen LogP contribution in [-0.4, -0.2) is 71.8 Å². The normalized spacial score (nSPS) is 11.8. The molecule has 1 N–H and O–H groups in total. The molecule has 0 heterocycles. The van der Waals surface area contributed by atoms with Gasteiger partial charge in [0.15, 0.2) is 0 Å². The van der Waals surface area contributed by atoms with Crippen molar-refractivity contribution in [1.82, 2.24) is 10.2 Å². The molecule has 11 heteroatoms. The summed E-state index contributed by atoms with van der Waals surface area (Å²) >= 11 is 0. The highest BCUT2D eigenvalue weighted by Crippen LogP contribution is 2.33. The van der Waals surface area contributed by atoms with Crippen LogP contribution in [0.2, 0.25) is 0 Å². The average Bonchev–Trinajstić information content (AvgIpc) is 2.89. The van der Waals surface area contributed by atoms with Gasteiger partial charge < -0.3 is 24.4 Å². The number of ether oxygens (including phenoxy) is 3.